The van der Waals surface area contributed by atoms with Crippen LogP contribution >= 0.6 is 0 Å². The first-order chi connectivity index (χ1) is 4.23. The first kappa shape index (κ1) is 11.9. The van der Waals surface area contributed by atoms with Crippen LogP contribution in [0.25, 0.3) is 0 Å². The van der Waals surface area contributed by atoms with Crippen LogP contribution < -0.4 is 0 Å². The van der Waals surface area contributed by atoms with Gasteiger partial charge in [-0.25, -0.2) is 0 Å². The minimum absolute atomic E-state index is 0. The van der Waals surface area contributed by atoms with Crippen molar-refractivity contribution in [3.05, 3.63) is 6.33 Å². The minimum Gasteiger partial charge on any atom is -0.481 e. The predicted octanol–water partition coefficient (Wildman–Crippen LogP) is -0.712. The van der Waals surface area contributed by atoms with Crippen molar-refractivity contribution >= 4 is 5.97 Å². The topological polar surface area (TPSA) is 91.8 Å². The van der Waals surface area contributed by atoms with Crippen molar-refractivity contribution in [1.29, 1.82) is 0 Å². The van der Waals surface area contributed by atoms with E-state index in [9.17, 15) is 0 Å². The number of rotatable bonds is 0. The van der Waals surface area contributed by atoms with Crippen molar-refractivity contribution in [2.75, 3.05) is 0 Å². The number of carboxylic acid groups (broad SMARTS) is 1. The van der Waals surface area contributed by atoms with Crippen LogP contribution in [0.15, 0.2) is 6.33 Å². The second-order valence-corrected chi connectivity index (χ2v) is 1.08. The van der Waals surface area contributed by atoms with E-state index >= 15 is 0 Å². The number of H-pyrrole nitrogens is 1. The zero-order valence-electron chi connectivity index (χ0n) is 5.48. The number of hydrogen-bond acceptors (Lipinski definition) is 4. The zero-order chi connectivity index (χ0) is 7.11. The van der Waals surface area contributed by atoms with Gasteiger partial charge >= 0.3 is 0 Å². The Morgan fingerprint density at radius 3 is 2.30 bits per heavy atom. The SMILES string of the molecule is CC(=O)O.[Zn].c1nn[nH]n1. The molecule has 0 radical (unpaired) electrons. The van der Waals surface area contributed by atoms with E-state index in [1.807, 2.05) is 0 Å². The molecule has 6 nitrogen and oxygen atoms in total. The molecule has 0 saturated carbocycles. The Morgan fingerprint density at radius 2 is 2.20 bits per heavy atom. The summed E-state index contributed by atoms with van der Waals surface area (Å²) in [6.07, 6.45) is 1.33. The van der Waals surface area contributed by atoms with E-state index in [4.69, 9.17) is 9.90 Å². The van der Waals surface area contributed by atoms with Gasteiger partial charge in [0.2, 0.25) is 0 Å². The summed E-state index contributed by atoms with van der Waals surface area (Å²) in [5, 5.41) is 19.6. The van der Waals surface area contributed by atoms with Crippen LogP contribution in [-0.2, 0) is 24.3 Å². The molecule has 1 heterocycles. The summed E-state index contributed by atoms with van der Waals surface area (Å²) in [7, 11) is 0. The molecule has 1 rings (SSSR count). The molecule has 0 unspecified atom stereocenters. The van der Waals surface area contributed by atoms with Crippen molar-refractivity contribution in [2.24, 2.45) is 0 Å². The third kappa shape index (κ3) is 15.7. The van der Waals surface area contributed by atoms with E-state index in [0.29, 0.717) is 0 Å². The molecule has 0 aliphatic heterocycles. The third-order valence-electron chi connectivity index (χ3n) is 0.270. The van der Waals surface area contributed by atoms with Gasteiger partial charge in [-0.05, 0) is 0 Å². The summed E-state index contributed by atoms with van der Waals surface area (Å²) in [6.45, 7) is 1.08. The summed E-state index contributed by atoms with van der Waals surface area (Å²) in [5.74, 6) is -0.833. The number of nitrogens with zero attached hydrogens (tertiary/aromatic N) is 3. The number of nitrogens with one attached hydrogen (secondary N) is 1. The predicted molar refractivity (Wildman–Crippen MR) is 27.5 cm³/mol. The number of aliphatic carboxylic acids is 1. The molecule has 7 heteroatoms. The molecule has 0 aliphatic rings. The quantitative estimate of drug-likeness (QED) is 0.534. The summed E-state index contributed by atoms with van der Waals surface area (Å²) in [5.41, 5.74) is 0. The Balaban J connectivity index is 0. The van der Waals surface area contributed by atoms with Gasteiger partial charge in [-0.3, -0.25) is 4.79 Å². The Labute approximate surface area is 69.8 Å². The molecule has 0 bridgehead atoms. The summed E-state index contributed by atoms with van der Waals surface area (Å²) in [6, 6.07) is 0. The first-order valence-corrected chi connectivity index (χ1v) is 2.09. The maximum absolute atomic E-state index is 9.00. The third-order valence-corrected chi connectivity index (χ3v) is 0.270. The van der Waals surface area contributed by atoms with E-state index in [1.54, 1.807) is 0 Å². The number of tetrazole rings is 1. The molecule has 0 atom stereocenters. The number of aromatic nitrogens is 4. The van der Waals surface area contributed by atoms with Gasteiger partial charge in [0.1, 0.15) is 0 Å². The Kier molecular flexibility index (Phi) is 9.71. The molecule has 0 aliphatic carbocycles. The summed E-state index contributed by atoms with van der Waals surface area (Å²) in [4.78, 5) is 9.00. The second-order valence-electron chi connectivity index (χ2n) is 1.08. The van der Waals surface area contributed by atoms with Gasteiger partial charge in [0.15, 0.2) is 6.33 Å². The normalized spacial score (nSPS) is 6.50. The number of aromatic amines is 1. The van der Waals surface area contributed by atoms with Crippen LogP contribution in [0.1, 0.15) is 6.92 Å². The van der Waals surface area contributed by atoms with Gasteiger partial charge in [-0.1, -0.05) is 5.21 Å². The minimum atomic E-state index is -0.833. The van der Waals surface area contributed by atoms with Gasteiger partial charge in [0.25, 0.3) is 5.97 Å². The van der Waals surface area contributed by atoms with Crippen molar-refractivity contribution in [2.45, 2.75) is 6.92 Å². The fraction of sp³-hybridized carbons (Fsp3) is 0.333. The average Bonchev–Trinajstić information content (AvgIpc) is 2.11. The Hall–Kier alpha value is -0.837. The van der Waals surface area contributed by atoms with Crippen molar-refractivity contribution < 1.29 is 29.4 Å². The van der Waals surface area contributed by atoms with Gasteiger partial charge in [0.05, 0.1) is 0 Å². The molecule has 52 valence electrons. The fourth-order valence-corrected chi connectivity index (χ4v) is 0.129. The van der Waals surface area contributed by atoms with E-state index in [-0.39, 0.29) is 19.5 Å². The molecule has 1 aromatic heterocycles. The van der Waals surface area contributed by atoms with Crippen molar-refractivity contribution in [3.63, 3.8) is 0 Å². The largest absolute Gasteiger partial charge is 0.481 e. The van der Waals surface area contributed by atoms with Crippen LogP contribution in [0.2, 0.25) is 0 Å². The van der Waals surface area contributed by atoms with Crippen LogP contribution in [0.5, 0.6) is 0 Å². The second kappa shape index (κ2) is 8.16. The fourth-order valence-electron chi connectivity index (χ4n) is 0.129. The maximum atomic E-state index is 9.00. The van der Waals surface area contributed by atoms with Crippen LogP contribution in [0.3, 0.4) is 0 Å². The van der Waals surface area contributed by atoms with Crippen LogP contribution in [0, 0.1) is 0 Å². The van der Waals surface area contributed by atoms with E-state index in [0.717, 1.165) is 6.92 Å². The molecular weight excluding hydrogens is 189 g/mol. The number of hydrogen-bond donors (Lipinski definition) is 2. The zero-order valence-corrected chi connectivity index (χ0v) is 8.45. The maximum Gasteiger partial charge on any atom is 0.300 e. The molecular formula is C3H6N4O2Zn. The van der Waals surface area contributed by atoms with E-state index in [1.165, 1.54) is 6.33 Å². The van der Waals surface area contributed by atoms with Gasteiger partial charge in [0, 0.05) is 26.4 Å². The smallest absolute Gasteiger partial charge is 0.300 e. The standard InChI is InChI=1S/C2H4O2.CH2N4.Zn/c1-2(3)4;1-2-4-5-3-1;/h1H3,(H,3,4);1H,(H,2,3,4,5);. The van der Waals surface area contributed by atoms with Crippen molar-refractivity contribution in [3.8, 4) is 0 Å². The summed E-state index contributed by atoms with van der Waals surface area (Å²) < 4.78 is 0. The average molecular weight is 195 g/mol. The van der Waals surface area contributed by atoms with Gasteiger partial charge in [-0.15, -0.1) is 10.2 Å². The molecule has 10 heavy (non-hydrogen) atoms. The van der Waals surface area contributed by atoms with Crippen LogP contribution in [-0.4, -0.2) is 31.7 Å². The molecule has 0 spiro atoms. The molecule has 0 saturated heterocycles. The van der Waals surface area contributed by atoms with E-state index in [2.05, 4.69) is 20.6 Å². The molecule has 0 aromatic carbocycles. The van der Waals surface area contributed by atoms with Gasteiger partial charge < -0.3 is 5.11 Å². The van der Waals surface area contributed by atoms with Crippen molar-refractivity contribution in [1.82, 2.24) is 20.6 Å². The molecule has 1 aromatic rings. The molecule has 0 amide bonds. The Morgan fingerprint density at radius 1 is 1.70 bits per heavy atom. The molecule has 2 N–H and O–H groups in total. The van der Waals surface area contributed by atoms with Gasteiger partial charge in [-0.2, -0.15) is 5.21 Å². The Bertz CT molecular complexity index is 132. The monoisotopic (exact) mass is 194 g/mol. The van der Waals surface area contributed by atoms with Crippen LogP contribution in [0.4, 0.5) is 0 Å². The molecule has 0 fully saturated rings. The van der Waals surface area contributed by atoms with E-state index < -0.39 is 5.97 Å². The number of carboxylic acids is 1. The summed E-state index contributed by atoms with van der Waals surface area (Å²) >= 11 is 0. The number of carbonyl (C=O) groups is 1. The first-order valence-electron chi connectivity index (χ1n) is 2.09.